The molecule has 6 atom stereocenters. The minimum Gasteiger partial charge on any atom is -0.462 e. The first-order chi connectivity index (χ1) is 41.1. The molecule has 0 spiro atoms. The van der Waals surface area contributed by atoms with Gasteiger partial charge in [-0.25, -0.2) is 9.13 Å². The first kappa shape index (κ1) is 84.1. The van der Waals surface area contributed by atoms with E-state index < -0.39 is 97.5 Å². The van der Waals surface area contributed by atoms with Crippen molar-refractivity contribution in [3.63, 3.8) is 0 Å². The predicted octanol–water partition coefficient (Wildman–Crippen LogP) is 18.5. The van der Waals surface area contributed by atoms with Gasteiger partial charge >= 0.3 is 39.5 Å². The molecule has 17 nitrogen and oxygen atoms in total. The lowest BCUT2D eigenvalue weighted by atomic mass is 10.00. The Bertz CT molecular complexity index is 1720. The number of rotatable bonds is 64. The molecule has 19 heteroatoms. The second-order valence-corrected chi connectivity index (χ2v) is 28.8. The zero-order chi connectivity index (χ0) is 63.9. The molecular formula is C67H130O17P2. The van der Waals surface area contributed by atoms with Crippen molar-refractivity contribution in [1.82, 2.24) is 0 Å². The third-order valence-corrected chi connectivity index (χ3v) is 17.6. The molecule has 0 aliphatic carbocycles. The number of phosphoric acid groups is 2. The molecule has 0 bridgehead atoms. The van der Waals surface area contributed by atoms with Crippen LogP contribution < -0.4 is 0 Å². The van der Waals surface area contributed by atoms with E-state index in [4.69, 9.17) is 37.0 Å². The highest BCUT2D eigenvalue weighted by molar-refractivity contribution is 7.47. The van der Waals surface area contributed by atoms with Gasteiger partial charge in [-0.2, -0.15) is 0 Å². The molecule has 0 rings (SSSR count). The van der Waals surface area contributed by atoms with Crippen molar-refractivity contribution in [3.05, 3.63) is 0 Å². The van der Waals surface area contributed by atoms with Crippen LogP contribution >= 0.6 is 15.6 Å². The van der Waals surface area contributed by atoms with E-state index >= 15 is 0 Å². The molecule has 510 valence electrons. The van der Waals surface area contributed by atoms with Gasteiger partial charge in [-0.3, -0.25) is 37.3 Å². The Morgan fingerprint density at radius 2 is 0.558 bits per heavy atom. The molecular weight excluding hydrogens is 1140 g/mol. The molecule has 0 radical (unpaired) electrons. The molecule has 0 aliphatic rings. The fourth-order valence-corrected chi connectivity index (χ4v) is 11.5. The van der Waals surface area contributed by atoms with E-state index in [2.05, 4.69) is 55.4 Å². The van der Waals surface area contributed by atoms with E-state index in [1.807, 2.05) is 0 Å². The lowest BCUT2D eigenvalue weighted by Crippen LogP contribution is -2.30. The molecule has 0 amide bonds. The average molecular weight is 1270 g/mol. The minimum absolute atomic E-state index is 0.103. The second kappa shape index (κ2) is 57.0. The van der Waals surface area contributed by atoms with Crippen molar-refractivity contribution in [3.8, 4) is 0 Å². The van der Waals surface area contributed by atoms with Crippen LogP contribution in [0.2, 0.25) is 0 Å². The maximum Gasteiger partial charge on any atom is 0.472 e. The summed E-state index contributed by atoms with van der Waals surface area (Å²) in [6.45, 7) is 14.0. The van der Waals surface area contributed by atoms with Gasteiger partial charge in [0.15, 0.2) is 12.2 Å². The summed E-state index contributed by atoms with van der Waals surface area (Å²) in [5.74, 6) is 0.777. The minimum atomic E-state index is -4.95. The highest BCUT2D eigenvalue weighted by atomic mass is 31.2. The zero-order valence-corrected chi connectivity index (χ0v) is 57.7. The van der Waals surface area contributed by atoms with E-state index in [1.165, 1.54) is 116 Å². The zero-order valence-electron chi connectivity index (χ0n) is 55.9. The van der Waals surface area contributed by atoms with Crippen LogP contribution in [0, 0.1) is 23.7 Å². The molecule has 0 aromatic carbocycles. The van der Waals surface area contributed by atoms with Gasteiger partial charge in [0.2, 0.25) is 0 Å². The Morgan fingerprint density at radius 3 is 0.826 bits per heavy atom. The van der Waals surface area contributed by atoms with Crippen molar-refractivity contribution in [2.24, 2.45) is 23.7 Å². The Morgan fingerprint density at radius 1 is 0.326 bits per heavy atom. The number of phosphoric ester groups is 2. The van der Waals surface area contributed by atoms with Crippen LogP contribution in [0.3, 0.4) is 0 Å². The molecule has 86 heavy (non-hydrogen) atoms. The van der Waals surface area contributed by atoms with E-state index in [1.54, 1.807) is 0 Å². The number of aliphatic hydroxyl groups excluding tert-OH is 1. The van der Waals surface area contributed by atoms with Crippen LogP contribution in [-0.2, 0) is 65.4 Å². The smallest absolute Gasteiger partial charge is 0.462 e. The summed E-state index contributed by atoms with van der Waals surface area (Å²) in [5, 5.41) is 10.6. The van der Waals surface area contributed by atoms with Crippen molar-refractivity contribution in [2.45, 2.75) is 343 Å². The van der Waals surface area contributed by atoms with E-state index in [0.717, 1.165) is 120 Å². The van der Waals surface area contributed by atoms with Crippen molar-refractivity contribution >= 4 is 39.5 Å². The molecule has 3 N–H and O–H groups in total. The fourth-order valence-electron chi connectivity index (χ4n) is 9.93. The number of hydrogen-bond acceptors (Lipinski definition) is 15. The van der Waals surface area contributed by atoms with Gasteiger partial charge < -0.3 is 33.8 Å². The number of esters is 4. The molecule has 0 saturated carbocycles. The van der Waals surface area contributed by atoms with Crippen LogP contribution in [0.1, 0.15) is 325 Å². The van der Waals surface area contributed by atoms with Gasteiger partial charge in [0, 0.05) is 25.7 Å². The number of carbonyl (C=O) groups excluding carboxylic acids is 4. The highest BCUT2D eigenvalue weighted by Gasteiger charge is 2.30. The predicted molar refractivity (Wildman–Crippen MR) is 344 cm³/mol. The molecule has 0 aromatic rings. The van der Waals surface area contributed by atoms with Crippen LogP contribution in [0.5, 0.6) is 0 Å². The Hall–Kier alpha value is -1.94. The Balaban J connectivity index is 5.23. The number of aliphatic hydroxyl groups is 1. The summed E-state index contributed by atoms with van der Waals surface area (Å²) in [7, 11) is -9.90. The molecule has 0 aliphatic heterocycles. The molecule has 0 aromatic heterocycles. The first-order valence-electron chi connectivity index (χ1n) is 34.7. The largest absolute Gasteiger partial charge is 0.472 e. The average Bonchev–Trinajstić information content (AvgIpc) is 3.66. The molecule has 0 fully saturated rings. The monoisotopic (exact) mass is 1270 g/mol. The van der Waals surface area contributed by atoms with Crippen LogP contribution in [0.25, 0.3) is 0 Å². The molecule has 0 saturated heterocycles. The summed E-state index contributed by atoms with van der Waals surface area (Å²) in [5.41, 5.74) is 0. The summed E-state index contributed by atoms with van der Waals surface area (Å²) >= 11 is 0. The van der Waals surface area contributed by atoms with Gasteiger partial charge in [-0.05, 0) is 49.4 Å². The Labute approximate surface area is 524 Å². The van der Waals surface area contributed by atoms with Crippen molar-refractivity contribution in [1.29, 1.82) is 0 Å². The lowest BCUT2D eigenvalue weighted by Gasteiger charge is -2.21. The van der Waals surface area contributed by atoms with Crippen LogP contribution in [-0.4, -0.2) is 96.7 Å². The number of carbonyl (C=O) groups is 4. The number of ether oxygens (including phenoxy) is 4. The van der Waals surface area contributed by atoms with Gasteiger partial charge in [-0.1, -0.05) is 274 Å². The van der Waals surface area contributed by atoms with Crippen LogP contribution in [0.4, 0.5) is 0 Å². The highest BCUT2D eigenvalue weighted by Crippen LogP contribution is 2.45. The summed E-state index contributed by atoms with van der Waals surface area (Å²) < 4.78 is 68.1. The van der Waals surface area contributed by atoms with Gasteiger partial charge in [-0.15, -0.1) is 0 Å². The van der Waals surface area contributed by atoms with E-state index in [-0.39, 0.29) is 25.7 Å². The Kier molecular flexibility index (Phi) is 55.7. The van der Waals surface area contributed by atoms with Gasteiger partial charge in [0.05, 0.1) is 26.4 Å². The van der Waals surface area contributed by atoms with Gasteiger partial charge in [0.25, 0.3) is 0 Å². The molecule has 0 heterocycles. The number of hydrogen-bond donors (Lipinski definition) is 3. The van der Waals surface area contributed by atoms with Crippen molar-refractivity contribution in [2.75, 3.05) is 39.6 Å². The standard InChI is InChI=1S/C67H130O17P2/c1-9-60(8)46-38-30-24-26-32-40-48-65(70)78-54-63(84-67(72)50-42-34-22-18-17-20-28-36-44-58(4)5)56-82-86(75,76)80-52-61(68)51-79-85(73,74)81-55-62(53-77-64(69)47-39-31-25-23-29-37-45-59(6)7)83-66(71)49-41-33-21-16-14-12-10-11-13-15-19-27-35-43-57(2)3/h57-63,68H,9-56H2,1-8H3,(H,73,74)(H,75,76)/t60?,61-,62-,63-/m1/s1. The maximum atomic E-state index is 13.0. The second-order valence-electron chi connectivity index (χ2n) is 25.9. The topological polar surface area (TPSA) is 237 Å². The first-order valence-corrected chi connectivity index (χ1v) is 37.7. The summed E-state index contributed by atoms with van der Waals surface area (Å²) in [4.78, 5) is 72.3. The van der Waals surface area contributed by atoms with Crippen LogP contribution in [0.15, 0.2) is 0 Å². The quantitative estimate of drug-likeness (QED) is 0.0222. The lowest BCUT2D eigenvalue weighted by molar-refractivity contribution is -0.161. The SMILES string of the molecule is CCC(C)CCCCCCCCC(=O)OC[C@H](COP(=O)(O)OC[C@H](O)COP(=O)(O)OC[C@@H](COC(=O)CCCCCCCCC(C)C)OC(=O)CCCCCCCCCCCCCCCC(C)C)OC(=O)CCCCCCCCCCC(C)C. The third-order valence-electron chi connectivity index (χ3n) is 15.7. The van der Waals surface area contributed by atoms with Gasteiger partial charge in [0.1, 0.15) is 19.3 Å². The van der Waals surface area contributed by atoms with E-state index in [0.29, 0.717) is 31.6 Å². The summed E-state index contributed by atoms with van der Waals surface area (Å²) in [6.07, 6.45) is 37.8. The number of unbranched alkanes of at least 4 members (excludes halogenated alkanes) is 29. The van der Waals surface area contributed by atoms with Crippen molar-refractivity contribution < 1.29 is 80.2 Å². The fraction of sp³-hybridized carbons (Fsp3) is 0.940. The summed E-state index contributed by atoms with van der Waals surface area (Å²) in [6, 6.07) is 0. The van der Waals surface area contributed by atoms with E-state index in [9.17, 15) is 43.2 Å². The maximum absolute atomic E-state index is 13.0. The normalized spacial score (nSPS) is 14.7. The third kappa shape index (κ3) is 59.7. The molecule has 3 unspecified atom stereocenters.